The van der Waals surface area contributed by atoms with Gasteiger partial charge in [0.25, 0.3) is 0 Å². The van der Waals surface area contributed by atoms with E-state index in [1.165, 1.54) is 6.07 Å². The van der Waals surface area contributed by atoms with Gasteiger partial charge in [0.15, 0.2) is 6.20 Å². The highest BCUT2D eigenvalue weighted by molar-refractivity contribution is 7.27. The molecule has 4 aromatic carbocycles. The lowest BCUT2D eigenvalue weighted by molar-refractivity contribution is -0.660. The van der Waals surface area contributed by atoms with E-state index in [0.29, 0.717) is 5.56 Å². The first-order chi connectivity index (χ1) is 17.5. The van der Waals surface area contributed by atoms with Crippen molar-refractivity contribution in [2.24, 2.45) is 7.05 Å². The second-order valence-electron chi connectivity index (χ2n) is 9.00. The van der Waals surface area contributed by atoms with Gasteiger partial charge in [0.2, 0.25) is 5.69 Å². The summed E-state index contributed by atoms with van der Waals surface area (Å²) >= 11 is 1.68. The average molecular weight is 486 g/mol. The lowest BCUT2D eigenvalue weighted by Crippen LogP contribution is -2.30. The fraction of sp³-hybridized carbons (Fsp3) is 0.0625. The summed E-state index contributed by atoms with van der Waals surface area (Å²) in [6, 6.07) is 32.3. The third-order valence-corrected chi connectivity index (χ3v) is 8.02. The topological polar surface area (TPSA) is 27.7 Å². The van der Waals surface area contributed by atoms with Crippen LogP contribution >= 0.6 is 11.3 Å². The van der Waals surface area contributed by atoms with E-state index in [4.69, 9.17) is 0 Å². The summed E-state index contributed by atoms with van der Waals surface area (Å²) in [7, 11) is 1.94. The summed E-state index contributed by atoms with van der Waals surface area (Å²) in [6.07, 6.45) is 1.75. The summed E-state index contributed by atoms with van der Waals surface area (Å²) < 4.78 is 18.4. The maximum absolute atomic E-state index is 14.3. The number of aromatic nitrogens is 1. The number of thiophene rings is 1. The second-order valence-corrected chi connectivity index (χ2v) is 10.0. The Kier molecular flexibility index (Phi) is 5.36. The molecule has 0 unspecified atom stereocenters. The maximum atomic E-state index is 14.3. The van der Waals surface area contributed by atoms with E-state index in [-0.39, 0.29) is 5.82 Å². The van der Waals surface area contributed by atoms with Crippen LogP contribution in [0.2, 0.25) is 0 Å². The molecule has 172 valence electrons. The molecule has 0 spiro atoms. The Morgan fingerprint density at radius 3 is 2.22 bits per heavy atom. The molecule has 0 radical (unpaired) electrons. The summed E-state index contributed by atoms with van der Waals surface area (Å²) in [5.74, 6) is -0.259. The molecule has 6 aromatic rings. The minimum atomic E-state index is -0.259. The number of fused-ring (bicyclic) bond motifs is 3. The molecule has 0 N–H and O–H groups in total. The first kappa shape index (κ1) is 22.2. The van der Waals surface area contributed by atoms with Gasteiger partial charge in [0.1, 0.15) is 12.9 Å². The lowest BCUT2D eigenvalue weighted by atomic mass is 9.94. The number of halogens is 1. The molecule has 2 aromatic heterocycles. The van der Waals surface area contributed by atoms with Gasteiger partial charge in [0.05, 0.1) is 17.2 Å². The minimum Gasteiger partial charge on any atom is -0.207 e. The van der Waals surface area contributed by atoms with E-state index in [1.807, 2.05) is 48.0 Å². The van der Waals surface area contributed by atoms with Gasteiger partial charge in [-0.2, -0.15) is 5.26 Å². The predicted molar refractivity (Wildman–Crippen MR) is 146 cm³/mol. The number of benzene rings is 4. The smallest absolute Gasteiger partial charge is 0.207 e. The zero-order chi connectivity index (χ0) is 24.8. The molecule has 0 aliphatic rings. The lowest BCUT2D eigenvalue weighted by Gasteiger charge is -2.09. The normalized spacial score (nSPS) is 11.2. The van der Waals surface area contributed by atoms with Crippen molar-refractivity contribution >= 4 is 31.5 Å². The van der Waals surface area contributed by atoms with Gasteiger partial charge >= 0.3 is 0 Å². The quantitative estimate of drug-likeness (QED) is 0.232. The molecule has 0 aliphatic heterocycles. The second kappa shape index (κ2) is 8.71. The first-order valence-electron chi connectivity index (χ1n) is 11.8. The summed E-state index contributed by atoms with van der Waals surface area (Å²) in [5, 5.41) is 12.3. The maximum Gasteiger partial charge on any atom is 0.216 e. The first-order valence-corrected chi connectivity index (χ1v) is 12.6. The van der Waals surface area contributed by atoms with Crippen LogP contribution in [0.15, 0.2) is 97.2 Å². The number of hydrogen-bond donors (Lipinski definition) is 0. The molecule has 4 heteroatoms. The zero-order valence-electron chi connectivity index (χ0n) is 19.9. The monoisotopic (exact) mass is 485 g/mol. The third kappa shape index (κ3) is 3.57. The highest BCUT2D eigenvalue weighted by Crippen LogP contribution is 2.45. The van der Waals surface area contributed by atoms with Gasteiger partial charge in [-0.15, -0.1) is 11.3 Å². The average Bonchev–Trinajstić information content (AvgIpc) is 3.28. The van der Waals surface area contributed by atoms with Crippen molar-refractivity contribution in [3.8, 4) is 39.6 Å². The van der Waals surface area contributed by atoms with Crippen LogP contribution in [-0.2, 0) is 7.05 Å². The number of rotatable bonds is 3. The van der Waals surface area contributed by atoms with Crippen LogP contribution in [0.5, 0.6) is 0 Å². The Labute approximate surface area is 213 Å². The number of aryl methyl sites for hydroxylation is 2. The van der Waals surface area contributed by atoms with Crippen molar-refractivity contribution in [1.82, 2.24) is 0 Å². The van der Waals surface area contributed by atoms with Crippen molar-refractivity contribution in [2.75, 3.05) is 0 Å². The number of pyridine rings is 1. The Morgan fingerprint density at radius 1 is 0.750 bits per heavy atom. The number of hydrogen-bond acceptors (Lipinski definition) is 2. The Morgan fingerprint density at radius 2 is 1.44 bits per heavy atom. The largest absolute Gasteiger partial charge is 0.216 e. The summed E-state index contributed by atoms with van der Waals surface area (Å²) in [6.45, 7) is 2.06. The van der Waals surface area contributed by atoms with Crippen LogP contribution in [0, 0.1) is 24.1 Å². The van der Waals surface area contributed by atoms with Crippen LogP contribution in [0.3, 0.4) is 0 Å². The standard InChI is InChI=1S/C32H22FN2S/c1-20-11-13-26-27-14-12-24(19-34)30(23-10-6-9-22(17-23)21-7-4-3-5-8-21)32(27)36-31(26)29(20)28-18-25(33)15-16-35(28)2/h3-18H,1-2H3/q+1. The van der Waals surface area contributed by atoms with Crippen molar-refractivity contribution in [3.05, 3.63) is 114 Å². The molecule has 0 aliphatic carbocycles. The highest BCUT2D eigenvalue weighted by Gasteiger charge is 2.22. The molecule has 36 heavy (non-hydrogen) atoms. The molecule has 0 saturated heterocycles. The van der Waals surface area contributed by atoms with Gasteiger partial charge in [-0.1, -0.05) is 66.7 Å². The Bertz CT molecular complexity index is 1830. The Balaban J connectivity index is 1.67. The van der Waals surface area contributed by atoms with Gasteiger partial charge in [-0.3, -0.25) is 0 Å². The van der Waals surface area contributed by atoms with Gasteiger partial charge in [-0.25, -0.2) is 8.96 Å². The van der Waals surface area contributed by atoms with E-state index in [2.05, 4.69) is 55.5 Å². The molecule has 2 nitrogen and oxygen atoms in total. The zero-order valence-corrected chi connectivity index (χ0v) is 20.7. The number of nitriles is 1. The van der Waals surface area contributed by atoms with Crippen LogP contribution in [-0.4, -0.2) is 0 Å². The summed E-state index contributed by atoms with van der Waals surface area (Å²) in [5.41, 5.74) is 7.80. The van der Waals surface area contributed by atoms with Crippen LogP contribution in [0.4, 0.5) is 4.39 Å². The van der Waals surface area contributed by atoms with E-state index in [1.54, 1.807) is 23.6 Å². The fourth-order valence-corrected chi connectivity index (χ4v) is 6.45. The van der Waals surface area contributed by atoms with Gasteiger partial charge in [0, 0.05) is 37.9 Å². The Hall–Kier alpha value is -4.33. The molecular weight excluding hydrogens is 463 g/mol. The van der Waals surface area contributed by atoms with Crippen molar-refractivity contribution in [1.29, 1.82) is 5.26 Å². The van der Waals surface area contributed by atoms with Crippen LogP contribution < -0.4 is 4.57 Å². The predicted octanol–water partition coefficient (Wildman–Crippen LogP) is 8.20. The van der Waals surface area contributed by atoms with Crippen molar-refractivity contribution < 1.29 is 8.96 Å². The van der Waals surface area contributed by atoms with E-state index in [0.717, 1.165) is 59.2 Å². The molecule has 0 atom stereocenters. The van der Waals surface area contributed by atoms with Crippen LogP contribution in [0.25, 0.3) is 53.7 Å². The third-order valence-electron chi connectivity index (χ3n) is 6.76. The molecule has 0 amide bonds. The summed E-state index contributed by atoms with van der Waals surface area (Å²) in [4.78, 5) is 0. The molecule has 0 bridgehead atoms. The van der Waals surface area contributed by atoms with Crippen LogP contribution in [0.1, 0.15) is 11.1 Å². The van der Waals surface area contributed by atoms with Gasteiger partial charge in [-0.05, 0) is 41.3 Å². The molecule has 2 heterocycles. The SMILES string of the molecule is Cc1ccc2c(sc3c(-c4cccc(-c5ccccc5)c4)c(C#N)ccc32)c1-c1cc(F)cc[n+]1C. The van der Waals surface area contributed by atoms with Crippen molar-refractivity contribution in [2.45, 2.75) is 6.92 Å². The highest BCUT2D eigenvalue weighted by atomic mass is 32.1. The minimum absolute atomic E-state index is 0.259. The molecular formula is C32H22FN2S+. The molecule has 0 fully saturated rings. The number of nitrogens with zero attached hydrogens (tertiary/aromatic N) is 2. The fourth-order valence-electron chi connectivity index (χ4n) is 4.98. The van der Waals surface area contributed by atoms with E-state index >= 15 is 0 Å². The van der Waals surface area contributed by atoms with E-state index < -0.39 is 0 Å². The van der Waals surface area contributed by atoms with Gasteiger partial charge < -0.3 is 0 Å². The molecule has 6 rings (SSSR count). The van der Waals surface area contributed by atoms with E-state index in [9.17, 15) is 9.65 Å². The molecule has 0 saturated carbocycles. The van der Waals surface area contributed by atoms with Crippen molar-refractivity contribution in [3.63, 3.8) is 0 Å².